The van der Waals surface area contributed by atoms with E-state index in [2.05, 4.69) is 20.9 Å². The minimum Gasteiger partial charge on any atom is -0.381 e. The minimum absolute atomic E-state index is 0.0968. The number of halogens is 2. The van der Waals surface area contributed by atoms with Crippen LogP contribution in [0.1, 0.15) is 30.0 Å². The quantitative estimate of drug-likeness (QED) is 0.861. The predicted molar refractivity (Wildman–Crippen MR) is 79.8 cm³/mol. The SMILES string of the molecule is Cc1c(C2CCOCC2)[nH]c2c(Br)cc(F)cc2c1=O. The van der Waals surface area contributed by atoms with E-state index in [0.29, 0.717) is 26.9 Å². The fourth-order valence-corrected chi connectivity index (χ4v) is 3.36. The molecule has 0 aliphatic carbocycles. The first-order valence-electron chi connectivity index (χ1n) is 6.67. The van der Waals surface area contributed by atoms with Gasteiger partial charge in [-0.1, -0.05) is 0 Å². The van der Waals surface area contributed by atoms with E-state index in [4.69, 9.17) is 4.74 Å². The second-order valence-electron chi connectivity index (χ2n) is 5.19. The summed E-state index contributed by atoms with van der Waals surface area (Å²) in [4.78, 5) is 15.8. The number of hydrogen-bond acceptors (Lipinski definition) is 2. The Morgan fingerprint density at radius 3 is 2.75 bits per heavy atom. The molecule has 0 radical (unpaired) electrons. The molecule has 1 saturated heterocycles. The Hall–Kier alpha value is -1.20. The van der Waals surface area contributed by atoms with E-state index in [1.54, 1.807) is 0 Å². The lowest BCUT2D eigenvalue weighted by Crippen LogP contribution is -2.20. The predicted octanol–water partition coefficient (Wildman–Crippen LogP) is 3.63. The van der Waals surface area contributed by atoms with E-state index in [0.717, 1.165) is 31.7 Å². The first kappa shape index (κ1) is 13.8. The number of aromatic amines is 1. The molecule has 2 aromatic rings. The highest BCUT2D eigenvalue weighted by Gasteiger charge is 2.21. The van der Waals surface area contributed by atoms with Gasteiger partial charge in [-0.05, 0) is 47.8 Å². The summed E-state index contributed by atoms with van der Waals surface area (Å²) >= 11 is 3.33. The number of H-pyrrole nitrogens is 1. The zero-order chi connectivity index (χ0) is 14.3. The molecule has 0 amide bonds. The van der Waals surface area contributed by atoms with Gasteiger partial charge in [0.25, 0.3) is 0 Å². The molecule has 3 nitrogen and oxygen atoms in total. The number of rotatable bonds is 1. The van der Waals surface area contributed by atoms with Crippen molar-refractivity contribution < 1.29 is 9.13 Å². The van der Waals surface area contributed by atoms with Crippen molar-refractivity contribution in [3.05, 3.63) is 43.9 Å². The third-order valence-corrected chi connectivity index (χ3v) is 4.56. The largest absolute Gasteiger partial charge is 0.381 e. The highest BCUT2D eigenvalue weighted by atomic mass is 79.9. The third kappa shape index (κ3) is 2.29. The van der Waals surface area contributed by atoms with Crippen molar-refractivity contribution in [3.8, 4) is 0 Å². The van der Waals surface area contributed by atoms with Gasteiger partial charge in [0.2, 0.25) is 0 Å². The fourth-order valence-electron chi connectivity index (χ4n) is 2.83. The molecule has 0 bridgehead atoms. The fraction of sp³-hybridized carbons (Fsp3) is 0.400. The molecule has 5 heteroatoms. The number of hydrogen-bond donors (Lipinski definition) is 1. The third-order valence-electron chi connectivity index (χ3n) is 3.93. The average molecular weight is 340 g/mol. The molecule has 1 N–H and O–H groups in total. The summed E-state index contributed by atoms with van der Waals surface area (Å²) in [5.41, 5.74) is 2.21. The van der Waals surface area contributed by atoms with Crippen LogP contribution in [0.5, 0.6) is 0 Å². The summed E-state index contributed by atoms with van der Waals surface area (Å²) in [5.74, 6) is -0.106. The average Bonchev–Trinajstić information content (AvgIpc) is 2.44. The molecule has 1 aromatic carbocycles. The van der Waals surface area contributed by atoms with Crippen LogP contribution >= 0.6 is 15.9 Å². The van der Waals surface area contributed by atoms with E-state index in [1.165, 1.54) is 12.1 Å². The Bertz CT molecular complexity index is 720. The van der Waals surface area contributed by atoms with Gasteiger partial charge < -0.3 is 9.72 Å². The van der Waals surface area contributed by atoms with Crippen molar-refractivity contribution in [2.75, 3.05) is 13.2 Å². The monoisotopic (exact) mass is 339 g/mol. The molecule has 2 heterocycles. The molecular weight excluding hydrogens is 325 g/mol. The Morgan fingerprint density at radius 2 is 2.05 bits per heavy atom. The second kappa shape index (κ2) is 5.30. The molecule has 0 spiro atoms. The Labute approximate surface area is 124 Å². The van der Waals surface area contributed by atoms with E-state index < -0.39 is 5.82 Å². The van der Waals surface area contributed by atoms with E-state index in [1.807, 2.05) is 6.92 Å². The maximum Gasteiger partial charge on any atom is 0.192 e. The zero-order valence-electron chi connectivity index (χ0n) is 11.1. The van der Waals surface area contributed by atoms with Gasteiger partial charge in [0, 0.05) is 40.2 Å². The maximum atomic E-state index is 13.5. The van der Waals surface area contributed by atoms with Crippen LogP contribution in [0, 0.1) is 12.7 Å². The van der Waals surface area contributed by atoms with Crippen LogP contribution < -0.4 is 5.43 Å². The van der Waals surface area contributed by atoms with Crippen LogP contribution in [0.3, 0.4) is 0 Å². The summed E-state index contributed by atoms with van der Waals surface area (Å²) in [7, 11) is 0. The van der Waals surface area contributed by atoms with E-state index in [-0.39, 0.29) is 5.43 Å². The highest BCUT2D eigenvalue weighted by Crippen LogP contribution is 2.30. The Kier molecular flexibility index (Phi) is 3.65. The van der Waals surface area contributed by atoms with Gasteiger partial charge in [0.15, 0.2) is 5.43 Å². The molecule has 1 aromatic heterocycles. The molecule has 106 valence electrons. The smallest absolute Gasteiger partial charge is 0.192 e. The van der Waals surface area contributed by atoms with Crippen molar-refractivity contribution >= 4 is 26.8 Å². The van der Waals surface area contributed by atoms with Crippen molar-refractivity contribution in [3.63, 3.8) is 0 Å². The van der Waals surface area contributed by atoms with E-state index >= 15 is 0 Å². The molecule has 1 aliphatic rings. The zero-order valence-corrected chi connectivity index (χ0v) is 12.7. The molecule has 1 fully saturated rings. The lowest BCUT2D eigenvalue weighted by molar-refractivity contribution is 0.0844. The van der Waals surface area contributed by atoms with Crippen LogP contribution in [0.25, 0.3) is 10.9 Å². The first-order chi connectivity index (χ1) is 9.58. The van der Waals surface area contributed by atoms with Crippen LogP contribution in [0.4, 0.5) is 4.39 Å². The minimum atomic E-state index is -0.409. The lowest BCUT2D eigenvalue weighted by Gasteiger charge is -2.24. The van der Waals surface area contributed by atoms with Gasteiger partial charge in [-0.2, -0.15) is 0 Å². The van der Waals surface area contributed by atoms with Crippen LogP contribution in [-0.4, -0.2) is 18.2 Å². The molecule has 0 atom stereocenters. The van der Waals surface area contributed by atoms with Gasteiger partial charge in [0.1, 0.15) is 5.82 Å². The van der Waals surface area contributed by atoms with Gasteiger partial charge >= 0.3 is 0 Å². The number of aromatic nitrogens is 1. The topological polar surface area (TPSA) is 42.1 Å². The van der Waals surface area contributed by atoms with E-state index in [9.17, 15) is 9.18 Å². The standard InChI is InChI=1S/C15H15BrFNO2/c1-8-13(9-2-4-20-5-3-9)18-14-11(15(8)19)6-10(17)7-12(14)16/h6-7,9H,2-5H2,1H3,(H,18,19). The molecule has 3 rings (SSSR count). The van der Waals surface area contributed by atoms with Crippen molar-refractivity contribution in [1.29, 1.82) is 0 Å². The molecule has 1 aliphatic heterocycles. The Balaban J connectivity index is 2.24. The van der Waals surface area contributed by atoms with Gasteiger partial charge in [0.05, 0.1) is 5.52 Å². The molecular formula is C15H15BrFNO2. The first-order valence-corrected chi connectivity index (χ1v) is 7.46. The van der Waals surface area contributed by atoms with Gasteiger partial charge in [-0.25, -0.2) is 4.39 Å². The lowest BCUT2D eigenvalue weighted by atomic mass is 9.92. The second-order valence-corrected chi connectivity index (χ2v) is 6.04. The van der Waals surface area contributed by atoms with Gasteiger partial charge in [-0.15, -0.1) is 0 Å². The van der Waals surface area contributed by atoms with Crippen molar-refractivity contribution in [1.82, 2.24) is 4.98 Å². The normalized spacial score (nSPS) is 16.8. The summed E-state index contributed by atoms with van der Waals surface area (Å²) in [6.07, 6.45) is 1.81. The number of pyridine rings is 1. The highest BCUT2D eigenvalue weighted by molar-refractivity contribution is 9.10. The van der Waals surface area contributed by atoms with Crippen molar-refractivity contribution in [2.24, 2.45) is 0 Å². The Morgan fingerprint density at radius 1 is 1.35 bits per heavy atom. The number of benzene rings is 1. The van der Waals surface area contributed by atoms with Gasteiger partial charge in [-0.3, -0.25) is 4.79 Å². The molecule has 0 unspecified atom stereocenters. The molecule has 20 heavy (non-hydrogen) atoms. The summed E-state index contributed by atoms with van der Waals surface area (Å²) in [6, 6.07) is 2.67. The van der Waals surface area contributed by atoms with Crippen molar-refractivity contribution in [2.45, 2.75) is 25.7 Å². The number of nitrogens with one attached hydrogen (secondary N) is 1. The summed E-state index contributed by atoms with van der Waals surface area (Å²) < 4.78 is 19.4. The molecule has 0 saturated carbocycles. The van der Waals surface area contributed by atoms with Crippen LogP contribution in [0.15, 0.2) is 21.4 Å². The maximum absolute atomic E-state index is 13.5. The van der Waals surface area contributed by atoms with Crippen LogP contribution in [0.2, 0.25) is 0 Å². The number of fused-ring (bicyclic) bond motifs is 1. The number of ether oxygens (including phenoxy) is 1. The summed E-state index contributed by atoms with van der Waals surface area (Å²) in [5, 5.41) is 0.394. The van der Waals surface area contributed by atoms with Crippen LogP contribution in [-0.2, 0) is 4.74 Å². The summed E-state index contributed by atoms with van der Waals surface area (Å²) in [6.45, 7) is 3.24.